The standard InChI is InChI=1S/C10H12BNO4/c1-6(13)15-8-4-2-3-7-9(5-12)16-11(14)10(7)8/h2-4,9,14H,5,12H2,1H3. The Hall–Kier alpha value is -1.37. The molecule has 3 N–H and O–H groups in total. The quantitative estimate of drug-likeness (QED) is 0.393. The number of nitrogens with two attached hydrogens (primary N) is 1. The molecule has 1 aromatic rings. The molecule has 0 bridgehead atoms. The van der Waals surface area contributed by atoms with Gasteiger partial charge in [-0.25, -0.2) is 0 Å². The lowest BCUT2D eigenvalue weighted by Gasteiger charge is -2.09. The highest BCUT2D eigenvalue weighted by Crippen LogP contribution is 2.26. The summed E-state index contributed by atoms with van der Waals surface area (Å²) in [6.45, 7) is 1.58. The second-order valence-electron chi connectivity index (χ2n) is 3.57. The molecule has 2 rings (SSSR count). The first-order valence-corrected chi connectivity index (χ1v) is 4.98. The topological polar surface area (TPSA) is 81.8 Å². The van der Waals surface area contributed by atoms with Crippen LogP contribution in [0.5, 0.6) is 5.75 Å². The molecule has 0 aliphatic carbocycles. The normalized spacial score (nSPS) is 18.4. The van der Waals surface area contributed by atoms with Gasteiger partial charge in [-0.05, 0) is 11.6 Å². The second kappa shape index (κ2) is 4.25. The van der Waals surface area contributed by atoms with Gasteiger partial charge in [-0.2, -0.15) is 0 Å². The Labute approximate surface area is 93.3 Å². The van der Waals surface area contributed by atoms with Crippen LogP contribution < -0.4 is 15.9 Å². The Balaban J connectivity index is 2.43. The van der Waals surface area contributed by atoms with Crippen molar-refractivity contribution in [3.05, 3.63) is 23.8 Å². The number of hydrogen-bond acceptors (Lipinski definition) is 5. The van der Waals surface area contributed by atoms with Crippen LogP contribution in [0.3, 0.4) is 0 Å². The molecule has 1 unspecified atom stereocenters. The van der Waals surface area contributed by atoms with Gasteiger partial charge in [0.05, 0.1) is 6.10 Å². The monoisotopic (exact) mass is 221 g/mol. The van der Waals surface area contributed by atoms with E-state index < -0.39 is 13.1 Å². The first kappa shape index (κ1) is 11.1. The molecule has 84 valence electrons. The van der Waals surface area contributed by atoms with Gasteiger partial charge in [0.25, 0.3) is 0 Å². The van der Waals surface area contributed by atoms with Crippen LogP contribution in [0.1, 0.15) is 18.6 Å². The third kappa shape index (κ3) is 1.82. The van der Waals surface area contributed by atoms with Gasteiger partial charge in [-0.1, -0.05) is 12.1 Å². The minimum Gasteiger partial charge on any atom is -0.427 e. The molecule has 5 nitrogen and oxygen atoms in total. The number of esters is 1. The molecular formula is C10H12BNO4. The number of carbonyl (C=O) groups excluding carboxylic acids is 1. The van der Waals surface area contributed by atoms with E-state index in [-0.39, 0.29) is 12.6 Å². The second-order valence-corrected chi connectivity index (χ2v) is 3.57. The number of fused-ring (bicyclic) bond motifs is 1. The predicted octanol–water partition coefficient (Wildman–Crippen LogP) is -0.671. The van der Waals surface area contributed by atoms with Gasteiger partial charge in [0.15, 0.2) is 0 Å². The van der Waals surface area contributed by atoms with Crippen LogP contribution >= 0.6 is 0 Å². The van der Waals surface area contributed by atoms with E-state index in [0.29, 0.717) is 11.2 Å². The van der Waals surface area contributed by atoms with Crippen LogP contribution in [-0.4, -0.2) is 24.7 Å². The molecule has 1 atom stereocenters. The van der Waals surface area contributed by atoms with Crippen molar-refractivity contribution in [3.8, 4) is 5.75 Å². The summed E-state index contributed by atoms with van der Waals surface area (Å²) >= 11 is 0. The highest BCUT2D eigenvalue weighted by Gasteiger charge is 2.37. The highest BCUT2D eigenvalue weighted by molar-refractivity contribution is 6.63. The Kier molecular flexibility index (Phi) is 2.96. The van der Waals surface area contributed by atoms with E-state index in [1.807, 2.05) is 0 Å². The minimum atomic E-state index is -1.08. The molecule has 0 fully saturated rings. The molecule has 0 spiro atoms. The number of rotatable bonds is 2. The Morgan fingerprint density at radius 2 is 2.44 bits per heavy atom. The van der Waals surface area contributed by atoms with Crippen molar-refractivity contribution < 1.29 is 19.2 Å². The summed E-state index contributed by atoms with van der Waals surface area (Å²) in [4.78, 5) is 10.9. The van der Waals surface area contributed by atoms with Crippen LogP contribution in [0.4, 0.5) is 0 Å². The number of hydrogen-bond donors (Lipinski definition) is 2. The molecule has 0 aromatic heterocycles. The van der Waals surface area contributed by atoms with E-state index in [0.717, 1.165) is 5.56 Å². The highest BCUT2D eigenvalue weighted by atomic mass is 16.5. The average molecular weight is 221 g/mol. The van der Waals surface area contributed by atoms with E-state index >= 15 is 0 Å². The Morgan fingerprint density at radius 1 is 1.69 bits per heavy atom. The Morgan fingerprint density at radius 3 is 3.06 bits per heavy atom. The van der Waals surface area contributed by atoms with Crippen molar-refractivity contribution >= 4 is 18.6 Å². The summed E-state index contributed by atoms with van der Waals surface area (Å²) in [6.07, 6.45) is -0.347. The van der Waals surface area contributed by atoms with Crippen molar-refractivity contribution in [2.75, 3.05) is 6.54 Å². The molecule has 1 heterocycles. The predicted molar refractivity (Wildman–Crippen MR) is 58.2 cm³/mol. The smallest absolute Gasteiger partial charge is 0.427 e. The minimum absolute atomic E-state index is 0.271. The Bertz CT molecular complexity index is 423. The first-order valence-electron chi connectivity index (χ1n) is 4.98. The fourth-order valence-electron chi connectivity index (χ4n) is 1.83. The summed E-state index contributed by atoms with van der Waals surface area (Å²) < 4.78 is 10.2. The van der Waals surface area contributed by atoms with Crippen molar-refractivity contribution in [1.29, 1.82) is 0 Å². The van der Waals surface area contributed by atoms with Crippen molar-refractivity contribution in [2.45, 2.75) is 13.0 Å². The van der Waals surface area contributed by atoms with Gasteiger partial charge in [-0.3, -0.25) is 4.79 Å². The zero-order chi connectivity index (χ0) is 11.7. The zero-order valence-corrected chi connectivity index (χ0v) is 8.84. The molecule has 16 heavy (non-hydrogen) atoms. The first-order chi connectivity index (χ1) is 7.63. The number of ether oxygens (including phenoxy) is 1. The van der Waals surface area contributed by atoms with Crippen molar-refractivity contribution in [1.82, 2.24) is 0 Å². The zero-order valence-electron chi connectivity index (χ0n) is 8.84. The van der Waals surface area contributed by atoms with Crippen molar-refractivity contribution in [2.24, 2.45) is 5.73 Å². The fourth-order valence-corrected chi connectivity index (χ4v) is 1.83. The van der Waals surface area contributed by atoms with Crippen LogP contribution in [0.25, 0.3) is 0 Å². The van der Waals surface area contributed by atoms with Gasteiger partial charge in [0.1, 0.15) is 5.75 Å². The van der Waals surface area contributed by atoms with Gasteiger partial charge >= 0.3 is 13.1 Å². The van der Waals surface area contributed by atoms with Crippen LogP contribution in [0, 0.1) is 0 Å². The third-order valence-corrected chi connectivity index (χ3v) is 2.45. The van der Waals surface area contributed by atoms with Crippen LogP contribution in [0.2, 0.25) is 0 Å². The van der Waals surface area contributed by atoms with Gasteiger partial charge in [0, 0.05) is 18.9 Å². The number of carbonyl (C=O) groups is 1. The fraction of sp³-hybridized carbons (Fsp3) is 0.300. The van der Waals surface area contributed by atoms with E-state index in [4.69, 9.17) is 15.1 Å². The largest absolute Gasteiger partial charge is 0.495 e. The molecule has 0 saturated carbocycles. The van der Waals surface area contributed by atoms with E-state index in [1.165, 1.54) is 6.92 Å². The SMILES string of the molecule is CC(=O)Oc1cccc2c1B(O)OC2CN. The molecular weight excluding hydrogens is 209 g/mol. The molecule has 1 aliphatic heterocycles. The number of benzene rings is 1. The lowest BCUT2D eigenvalue weighted by atomic mass is 9.78. The van der Waals surface area contributed by atoms with E-state index in [1.54, 1.807) is 18.2 Å². The lowest BCUT2D eigenvalue weighted by molar-refractivity contribution is -0.131. The summed E-state index contributed by atoms with van der Waals surface area (Å²) in [6, 6.07) is 5.16. The van der Waals surface area contributed by atoms with Gasteiger partial charge in [0.2, 0.25) is 0 Å². The molecule has 1 aromatic carbocycles. The van der Waals surface area contributed by atoms with Crippen molar-refractivity contribution in [3.63, 3.8) is 0 Å². The third-order valence-electron chi connectivity index (χ3n) is 2.45. The summed E-state index contributed by atoms with van der Waals surface area (Å²) in [5.74, 6) is -0.106. The molecule has 0 amide bonds. The molecule has 1 aliphatic rings. The van der Waals surface area contributed by atoms with Gasteiger partial charge in [-0.15, -0.1) is 0 Å². The molecule has 6 heteroatoms. The maximum absolute atomic E-state index is 10.9. The maximum atomic E-state index is 10.9. The summed E-state index contributed by atoms with van der Waals surface area (Å²) in [5.41, 5.74) is 6.78. The molecule has 0 radical (unpaired) electrons. The summed E-state index contributed by atoms with van der Waals surface area (Å²) in [7, 11) is -1.08. The molecule has 0 saturated heterocycles. The lowest BCUT2D eigenvalue weighted by Crippen LogP contribution is -2.30. The summed E-state index contributed by atoms with van der Waals surface area (Å²) in [5, 5.41) is 9.71. The van der Waals surface area contributed by atoms with Crippen LogP contribution in [0.15, 0.2) is 18.2 Å². The van der Waals surface area contributed by atoms with E-state index in [9.17, 15) is 9.82 Å². The van der Waals surface area contributed by atoms with E-state index in [2.05, 4.69) is 0 Å². The maximum Gasteiger partial charge on any atom is 0.495 e. The van der Waals surface area contributed by atoms with Crippen LogP contribution in [-0.2, 0) is 9.45 Å². The van der Waals surface area contributed by atoms with Gasteiger partial charge < -0.3 is 20.1 Å². The average Bonchev–Trinajstić information content (AvgIpc) is 2.56.